The number of carbonyl (C=O) groups excluding carboxylic acids is 1. The number of hydrogen-bond donors (Lipinski definition) is 2. The van der Waals surface area contributed by atoms with Crippen molar-refractivity contribution in [3.8, 4) is 17.3 Å². The van der Waals surface area contributed by atoms with Gasteiger partial charge in [0.1, 0.15) is 23.2 Å². The molecular weight excluding hydrogens is 428 g/mol. The van der Waals surface area contributed by atoms with E-state index in [9.17, 15) is 14.7 Å². The van der Waals surface area contributed by atoms with E-state index in [4.69, 9.17) is 9.47 Å². The van der Waals surface area contributed by atoms with E-state index in [0.717, 1.165) is 25.7 Å². The van der Waals surface area contributed by atoms with Crippen molar-refractivity contribution in [2.45, 2.75) is 64.5 Å². The Bertz CT molecular complexity index is 1010. The van der Waals surface area contributed by atoms with Crippen LogP contribution in [0.4, 0.5) is 4.79 Å². The molecule has 2 heterocycles. The standard InChI is InChI=1S/C22H30N6O5/c1-13-20(33-16-8-4-7-15(9-16)21(29)30)23-10-17(25-13)19-18(28(2)27-26-19)11-24-22(31)32-12-14-5-3-6-14/h10,14-16H,3-9,11-12H2,1-2H3,(H,24,31)(H,29,30)/t15-,16-/m0/s1. The zero-order chi connectivity index (χ0) is 23.4. The lowest BCUT2D eigenvalue weighted by Gasteiger charge is -2.27. The maximum absolute atomic E-state index is 12.0. The average molecular weight is 459 g/mol. The highest BCUT2D eigenvalue weighted by molar-refractivity contribution is 5.70. The molecule has 1 amide bonds. The number of hydrogen-bond acceptors (Lipinski definition) is 8. The van der Waals surface area contributed by atoms with E-state index in [1.807, 2.05) is 0 Å². The molecule has 0 spiro atoms. The molecule has 2 aliphatic rings. The van der Waals surface area contributed by atoms with Gasteiger partial charge in [-0.15, -0.1) is 5.10 Å². The molecule has 178 valence electrons. The second-order valence-electron chi connectivity index (χ2n) is 8.84. The van der Waals surface area contributed by atoms with E-state index < -0.39 is 12.1 Å². The molecule has 11 nitrogen and oxygen atoms in total. The quantitative estimate of drug-likeness (QED) is 0.610. The van der Waals surface area contributed by atoms with Gasteiger partial charge in [-0.2, -0.15) is 0 Å². The molecule has 2 saturated carbocycles. The molecule has 2 fully saturated rings. The van der Waals surface area contributed by atoms with Gasteiger partial charge in [-0.1, -0.05) is 11.6 Å². The van der Waals surface area contributed by atoms with Crippen molar-refractivity contribution >= 4 is 12.1 Å². The number of nitrogens with zero attached hydrogens (tertiary/aromatic N) is 5. The molecule has 0 aromatic carbocycles. The Kier molecular flexibility index (Phi) is 7.05. The second kappa shape index (κ2) is 10.1. The van der Waals surface area contributed by atoms with Gasteiger partial charge in [0.15, 0.2) is 0 Å². The van der Waals surface area contributed by atoms with Crippen molar-refractivity contribution in [3.05, 3.63) is 17.6 Å². The van der Waals surface area contributed by atoms with Crippen LogP contribution in [0.2, 0.25) is 0 Å². The highest BCUT2D eigenvalue weighted by Gasteiger charge is 2.29. The number of aryl methyl sites for hydroxylation is 2. The van der Waals surface area contributed by atoms with Gasteiger partial charge in [-0.3, -0.25) is 4.79 Å². The number of carboxylic acids is 1. The van der Waals surface area contributed by atoms with Crippen molar-refractivity contribution < 1.29 is 24.2 Å². The smallest absolute Gasteiger partial charge is 0.407 e. The summed E-state index contributed by atoms with van der Waals surface area (Å²) in [4.78, 5) is 32.3. The molecular formula is C22H30N6O5. The van der Waals surface area contributed by atoms with Gasteiger partial charge in [0.25, 0.3) is 0 Å². The molecule has 2 aromatic rings. The molecule has 0 bridgehead atoms. The number of nitrogens with one attached hydrogen (secondary N) is 1. The molecule has 2 aromatic heterocycles. The number of carboxylic acid groups (broad SMARTS) is 1. The number of aromatic nitrogens is 5. The Morgan fingerprint density at radius 3 is 2.73 bits per heavy atom. The summed E-state index contributed by atoms with van der Waals surface area (Å²) in [7, 11) is 1.74. The van der Waals surface area contributed by atoms with E-state index in [2.05, 4.69) is 25.6 Å². The predicted octanol–water partition coefficient (Wildman–Crippen LogP) is 2.63. The lowest BCUT2D eigenvalue weighted by molar-refractivity contribution is -0.143. The van der Waals surface area contributed by atoms with Gasteiger partial charge in [-0.25, -0.2) is 19.4 Å². The van der Waals surface area contributed by atoms with Crippen LogP contribution in [-0.4, -0.2) is 54.8 Å². The first-order valence-corrected chi connectivity index (χ1v) is 11.4. The fourth-order valence-electron chi connectivity index (χ4n) is 4.17. The molecule has 4 rings (SSSR count). The molecule has 0 radical (unpaired) electrons. The molecule has 33 heavy (non-hydrogen) atoms. The van der Waals surface area contributed by atoms with Crippen LogP contribution >= 0.6 is 0 Å². The van der Waals surface area contributed by atoms with Gasteiger partial charge >= 0.3 is 12.1 Å². The van der Waals surface area contributed by atoms with Crippen LogP contribution in [-0.2, 0) is 23.1 Å². The SMILES string of the molecule is Cc1nc(-c2nnn(C)c2CNC(=O)OCC2CCC2)cnc1O[C@H]1CCC[C@H](C(=O)O)C1. The highest BCUT2D eigenvalue weighted by Crippen LogP contribution is 2.29. The fraction of sp³-hybridized carbons (Fsp3) is 0.636. The predicted molar refractivity (Wildman–Crippen MR) is 116 cm³/mol. The maximum atomic E-state index is 12.0. The zero-order valence-electron chi connectivity index (χ0n) is 19.0. The van der Waals surface area contributed by atoms with Crippen molar-refractivity contribution in [1.29, 1.82) is 0 Å². The van der Waals surface area contributed by atoms with Crippen LogP contribution in [0.25, 0.3) is 11.4 Å². The van der Waals surface area contributed by atoms with Crippen molar-refractivity contribution in [1.82, 2.24) is 30.3 Å². The summed E-state index contributed by atoms with van der Waals surface area (Å²) in [6.07, 6.45) is 7.08. The lowest BCUT2D eigenvalue weighted by atomic mass is 9.86. The Labute approximate surface area is 191 Å². The van der Waals surface area contributed by atoms with Crippen molar-refractivity contribution in [3.63, 3.8) is 0 Å². The Morgan fingerprint density at radius 2 is 2.03 bits per heavy atom. The molecule has 2 atom stereocenters. The third-order valence-electron chi connectivity index (χ3n) is 6.42. The number of rotatable bonds is 8. The van der Waals surface area contributed by atoms with E-state index in [1.165, 1.54) is 6.42 Å². The first-order chi connectivity index (χ1) is 15.9. The topological polar surface area (TPSA) is 141 Å². The molecule has 0 unspecified atom stereocenters. The number of ether oxygens (including phenoxy) is 2. The number of aliphatic carboxylic acids is 1. The van der Waals surface area contributed by atoms with Gasteiger partial charge < -0.3 is 19.9 Å². The Hall–Kier alpha value is -3.24. The van der Waals surface area contributed by atoms with E-state index >= 15 is 0 Å². The minimum atomic E-state index is -0.780. The summed E-state index contributed by atoms with van der Waals surface area (Å²) < 4.78 is 12.8. The van der Waals surface area contributed by atoms with Crippen molar-refractivity contribution in [2.24, 2.45) is 18.9 Å². The molecule has 11 heteroatoms. The zero-order valence-corrected chi connectivity index (χ0v) is 19.0. The van der Waals surface area contributed by atoms with Crippen LogP contribution in [0.1, 0.15) is 56.3 Å². The fourth-order valence-corrected chi connectivity index (χ4v) is 4.17. The first kappa shape index (κ1) is 22.9. The van der Waals surface area contributed by atoms with Gasteiger partial charge in [0.2, 0.25) is 5.88 Å². The van der Waals surface area contributed by atoms with E-state index in [0.29, 0.717) is 54.0 Å². The van der Waals surface area contributed by atoms with E-state index in [1.54, 1.807) is 24.9 Å². The second-order valence-corrected chi connectivity index (χ2v) is 8.84. The van der Waals surface area contributed by atoms with Crippen molar-refractivity contribution in [2.75, 3.05) is 6.61 Å². The molecule has 0 aliphatic heterocycles. The summed E-state index contributed by atoms with van der Waals surface area (Å²) in [5.74, 6) is -0.297. The summed E-state index contributed by atoms with van der Waals surface area (Å²) in [5.41, 5.74) is 2.28. The lowest BCUT2D eigenvalue weighted by Crippen LogP contribution is -2.30. The monoisotopic (exact) mass is 458 g/mol. The summed E-state index contributed by atoms with van der Waals surface area (Å²) in [5, 5.41) is 20.3. The van der Waals surface area contributed by atoms with Crippen LogP contribution in [0.3, 0.4) is 0 Å². The van der Waals surface area contributed by atoms with Gasteiger partial charge in [0.05, 0.1) is 31.0 Å². The summed E-state index contributed by atoms with van der Waals surface area (Å²) in [6.45, 7) is 2.43. The molecule has 2 N–H and O–H groups in total. The van der Waals surface area contributed by atoms with Crippen LogP contribution in [0.15, 0.2) is 6.20 Å². The maximum Gasteiger partial charge on any atom is 0.407 e. The van der Waals surface area contributed by atoms with E-state index in [-0.39, 0.29) is 18.6 Å². The van der Waals surface area contributed by atoms with Crippen LogP contribution in [0, 0.1) is 18.8 Å². The molecule has 2 aliphatic carbocycles. The highest BCUT2D eigenvalue weighted by atomic mass is 16.5. The number of alkyl carbamates (subject to hydrolysis) is 1. The van der Waals surface area contributed by atoms with Gasteiger partial charge in [-0.05, 0) is 51.4 Å². The molecule has 0 saturated heterocycles. The third-order valence-corrected chi connectivity index (χ3v) is 6.42. The average Bonchev–Trinajstić information content (AvgIpc) is 3.13. The minimum absolute atomic E-state index is 0.194. The summed E-state index contributed by atoms with van der Waals surface area (Å²) >= 11 is 0. The Morgan fingerprint density at radius 1 is 1.24 bits per heavy atom. The Balaban J connectivity index is 1.39. The normalized spacial score (nSPS) is 20.7. The van der Waals surface area contributed by atoms with Gasteiger partial charge in [0, 0.05) is 7.05 Å². The first-order valence-electron chi connectivity index (χ1n) is 11.4. The minimum Gasteiger partial charge on any atom is -0.481 e. The third kappa shape index (κ3) is 5.58. The summed E-state index contributed by atoms with van der Waals surface area (Å²) in [6, 6.07) is 0. The van der Waals surface area contributed by atoms with Crippen LogP contribution < -0.4 is 10.1 Å². The van der Waals surface area contributed by atoms with Crippen LogP contribution in [0.5, 0.6) is 5.88 Å². The number of amides is 1. The number of carbonyl (C=O) groups is 2. The largest absolute Gasteiger partial charge is 0.481 e.